The van der Waals surface area contributed by atoms with Gasteiger partial charge in [0.05, 0.1) is 5.92 Å². The second-order valence-electron chi connectivity index (χ2n) is 5.21. The summed E-state index contributed by atoms with van der Waals surface area (Å²) in [4.78, 5) is 11.0. The van der Waals surface area contributed by atoms with Gasteiger partial charge in [0.25, 0.3) is 0 Å². The van der Waals surface area contributed by atoms with Gasteiger partial charge in [0.2, 0.25) is 0 Å². The fraction of sp³-hybridized carbons (Fsp3) is 0.500. The van der Waals surface area contributed by atoms with Gasteiger partial charge in [-0.25, -0.2) is 0 Å². The molecular formula is C14H15F6NO4. The van der Waals surface area contributed by atoms with Gasteiger partial charge in [0.1, 0.15) is 0 Å². The molecule has 0 bridgehead atoms. The lowest BCUT2D eigenvalue weighted by Gasteiger charge is -2.20. The molecule has 2 atom stereocenters. The van der Waals surface area contributed by atoms with Gasteiger partial charge >= 0.3 is 18.7 Å². The van der Waals surface area contributed by atoms with Crippen molar-refractivity contribution in [1.29, 1.82) is 0 Å². The van der Waals surface area contributed by atoms with Gasteiger partial charge in [-0.05, 0) is 30.0 Å². The second kappa shape index (κ2) is 7.81. The van der Waals surface area contributed by atoms with E-state index >= 15 is 0 Å². The Morgan fingerprint density at radius 2 is 1.64 bits per heavy atom. The van der Waals surface area contributed by atoms with Crippen LogP contribution in [-0.2, 0) is 4.79 Å². The summed E-state index contributed by atoms with van der Waals surface area (Å²) in [5.41, 5.74) is 5.45. The summed E-state index contributed by atoms with van der Waals surface area (Å²) in [6.07, 6.45) is -10.5. The maximum Gasteiger partial charge on any atom is 0.573 e. The number of carboxylic acids is 1. The minimum absolute atomic E-state index is 0.0171. The lowest BCUT2D eigenvalue weighted by molar-refractivity contribution is -0.287. The van der Waals surface area contributed by atoms with Crippen molar-refractivity contribution in [3.8, 4) is 11.5 Å². The summed E-state index contributed by atoms with van der Waals surface area (Å²) in [5, 5.41) is 8.95. The Morgan fingerprint density at radius 3 is 2.08 bits per heavy atom. The predicted octanol–water partition coefficient (Wildman–Crippen LogP) is 3.64. The molecule has 5 nitrogen and oxygen atoms in total. The van der Waals surface area contributed by atoms with E-state index in [1.807, 2.05) is 0 Å². The minimum Gasteiger partial charge on any atom is -0.481 e. The van der Waals surface area contributed by atoms with Crippen molar-refractivity contribution in [3.63, 3.8) is 0 Å². The largest absolute Gasteiger partial charge is 0.573 e. The average molecular weight is 375 g/mol. The van der Waals surface area contributed by atoms with Crippen molar-refractivity contribution in [2.24, 2.45) is 11.7 Å². The number of halogens is 6. The highest BCUT2D eigenvalue weighted by Gasteiger charge is 2.37. The predicted molar refractivity (Wildman–Crippen MR) is 73.0 cm³/mol. The van der Waals surface area contributed by atoms with E-state index in [-0.39, 0.29) is 18.5 Å². The smallest absolute Gasteiger partial charge is 0.481 e. The maximum atomic E-state index is 12.4. The van der Waals surface area contributed by atoms with Crippen LogP contribution in [0.4, 0.5) is 26.3 Å². The molecule has 11 heteroatoms. The molecule has 0 aliphatic carbocycles. The van der Waals surface area contributed by atoms with Gasteiger partial charge in [0.15, 0.2) is 11.5 Å². The number of hydrogen-bond acceptors (Lipinski definition) is 4. The van der Waals surface area contributed by atoms with Crippen molar-refractivity contribution in [3.05, 3.63) is 23.8 Å². The third kappa shape index (κ3) is 7.08. The van der Waals surface area contributed by atoms with Gasteiger partial charge in [-0.2, -0.15) is 0 Å². The van der Waals surface area contributed by atoms with Crippen LogP contribution in [0, 0.1) is 5.92 Å². The number of nitrogens with two attached hydrogens (primary N) is 1. The van der Waals surface area contributed by atoms with Gasteiger partial charge in [-0.3, -0.25) is 4.79 Å². The number of hydrogen-bond donors (Lipinski definition) is 2. The molecule has 0 aliphatic rings. The number of benzene rings is 1. The third-order valence-corrected chi connectivity index (χ3v) is 3.26. The van der Waals surface area contributed by atoms with Gasteiger partial charge in [-0.1, -0.05) is 13.0 Å². The third-order valence-electron chi connectivity index (χ3n) is 3.26. The van der Waals surface area contributed by atoms with Crippen LogP contribution in [0.3, 0.4) is 0 Å². The van der Waals surface area contributed by atoms with Crippen molar-refractivity contribution in [2.45, 2.75) is 32.0 Å². The van der Waals surface area contributed by atoms with Crippen LogP contribution >= 0.6 is 0 Å². The Kier molecular flexibility index (Phi) is 6.52. The summed E-state index contributed by atoms with van der Waals surface area (Å²) in [6, 6.07) is 2.51. The van der Waals surface area contributed by atoms with Crippen molar-refractivity contribution in [1.82, 2.24) is 0 Å². The lowest BCUT2D eigenvalue weighted by Crippen LogP contribution is -2.25. The van der Waals surface area contributed by atoms with E-state index < -0.39 is 42.0 Å². The first-order chi connectivity index (χ1) is 11.3. The molecule has 0 heterocycles. The quantitative estimate of drug-likeness (QED) is 0.711. The molecule has 0 amide bonds. The van der Waals surface area contributed by atoms with E-state index in [0.29, 0.717) is 6.07 Å². The molecule has 3 N–H and O–H groups in total. The van der Waals surface area contributed by atoms with Crippen LogP contribution in [0.5, 0.6) is 11.5 Å². The van der Waals surface area contributed by atoms with Crippen LogP contribution in [0.1, 0.15) is 24.8 Å². The summed E-state index contributed by atoms with van der Waals surface area (Å²) >= 11 is 0. The highest BCUT2D eigenvalue weighted by molar-refractivity contribution is 5.70. The van der Waals surface area contributed by atoms with Crippen LogP contribution in [0.25, 0.3) is 0 Å². The molecule has 0 aliphatic heterocycles. The summed E-state index contributed by atoms with van der Waals surface area (Å²) in [5.74, 6) is -5.06. The Morgan fingerprint density at radius 1 is 1.12 bits per heavy atom. The molecule has 0 fully saturated rings. The van der Waals surface area contributed by atoms with Crippen LogP contribution in [-0.4, -0.2) is 30.3 Å². The number of rotatable bonds is 7. The fourth-order valence-electron chi connectivity index (χ4n) is 2.11. The van der Waals surface area contributed by atoms with Crippen LogP contribution < -0.4 is 15.2 Å². The summed E-state index contributed by atoms with van der Waals surface area (Å²) in [7, 11) is 0. The zero-order valence-electron chi connectivity index (χ0n) is 12.8. The molecule has 0 saturated carbocycles. The van der Waals surface area contributed by atoms with Crippen LogP contribution in [0.15, 0.2) is 18.2 Å². The molecule has 2 unspecified atom stereocenters. The minimum atomic E-state index is -5.23. The molecule has 1 aromatic rings. The molecule has 25 heavy (non-hydrogen) atoms. The molecule has 0 saturated heterocycles. The zero-order chi connectivity index (χ0) is 19.4. The van der Waals surface area contributed by atoms with E-state index in [4.69, 9.17) is 10.8 Å². The van der Waals surface area contributed by atoms with Crippen molar-refractivity contribution < 1.29 is 45.7 Å². The van der Waals surface area contributed by atoms with Gasteiger partial charge in [-0.15, -0.1) is 26.3 Å². The molecule has 142 valence electrons. The average Bonchev–Trinajstić information content (AvgIpc) is 2.42. The Labute approximate surface area is 138 Å². The number of aliphatic carboxylic acids is 1. The van der Waals surface area contributed by atoms with Gasteiger partial charge in [0, 0.05) is 6.54 Å². The topological polar surface area (TPSA) is 81.8 Å². The highest BCUT2D eigenvalue weighted by atomic mass is 19.4. The molecule has 1 aromatic carbocycles. The Hall–Kier alpha value is -2.17. The number of ether oxygens (including phenoxy) is 2. The first-order valence-electron chi connectivity index (χ1n) is 6.90. The lowest BCUT2D eigenvalue weighted by atomic mass is 9.90. The zero-order valence-corrected chi connectivity index (χ0v) is 12.8. The van der Waals surface area contributed by atoms with Crippen molar-refractivity contribution >= 4 is 5.97 Å². The van der Waals surface area contributed by atoms with E-state index in [1.165, 1.54) is 6.92 Å². The van der Waals surface area contributed by atoms with E-state index in [1.54, 1.807) is 0 Å². The standard InChI is InChI=1S/C14H15F6NO4/c1-7(4-9(6-21)12(22)23)8-2-3-10(24-13(15,16)17)11(5-8)25-14(18,19)20/h2-3,5,7,9H,4,6,21H2,1H3,(H,22,23). The van der Waals surface area contributed by atoms with Gasteiger partial charge < -0.3 is 20.3 Å². The van der Waals surface area contributed by atoms with E-state index in [9.17, 15) is 31.1 Å². The first kappa shape index (κ1) is 20.9. The maximum absolute atomic E-state index is 12.4. The molecular weight excluding hydrogens is 360 g/mol. The number of carbonyl (C=O) groups is 1. The molecule has 0 aromatic heterocycles. The van der Waals surface area contributed by atoms with Crippen LogP contribution in [0.2, 0.25) is 0 Å². The Balaban J connectivity index is 3.13. The molecule has 1 rings (SSSR count). The Bertz CT molecular complexity index is 602. The van der Waals surface area contributed by atoms with E-state index in [0.717, 1.165) is 12.1 Å². The normalized spacial score (nSPS) is 14.7. The SMILES string of the molecule is CC(CC(CN)C(=O)O)c1ccc(OC(F)(F)F)c(OC(F)(F)F)c1. The van der Waals surface area contributed by atoms with E-state index in [2.05, 4.69) is 9.47 Å². The summed E-state index contributed by atoms with van der Waals surface area (Å²) in [6.45, 7) is 1.31. The first-order valence-corrected chi connectivity index (χ1v) is 6.90. The molecule has 0 spiro atoms. The van der Waals surface area contributed by atoms with Crippen molar-refractivity contribution in [2.75, 3.05) is 6.54 Å². The highest BCUT2D eigenvalue weighted by Crippen LogP contribution is 2.38. The monoisotopic (exact) mass is 375 g/mol. The summed E-state index contributed by atoms with van der Waals surface area (Å²) < 4.78 is 81.2. The fourth-order valence-corrected chi connectivity index (χ4v) is 2.11. The number of alkyl halides is 6. The molecule has 0 radical (unpaired) electrons. The number of carboxylic acid groups (broad SMARTS) is 1. The second-order valence-corrected chi connectivity index (χ2v) is 5.21.